The molecular formula is C9H18NOS. The number of hydrogen-bond acceptors (Lipinski definition) is 1. The molecule has 0 saturated carbocycles. The summed E-state index contributed by atoms with van der Waals surface area (Å²) in [6.45, 7) is 2.95. The number of carbonyl (C=O) groups is 1. The largest absolute Gasteiger partial charge is 0.343 e. The van der Waals surface area contributed by atoms with Crippen molar-refractivity contribution in [1.82, 2.24) is 5.32 Å². The minimum absolute atomic E-state index is 0.330. The van der Waals surface area contributed by atoms with Crippen LogP contribution < -0.4 is 5.32 Å². The molecule has 0 aliphatic carbocycles. The first-order valence-corrected chi connectivity index (χ1v) is 5.13. The number of rotatable bonds is 7. The van der Waals surface area contributed by atoms with E-state index in [4.69, 9.17) is 0 Å². The summed E-state index contributed by atoms with van der Waals surface area (Å²) in [6, 6.07) is 0. The highest BCUT2D eigenvalue weighted by Crippen LogP contribution is 2.03. The van der Waals surface area contributed by atoms with Crippen LogP contribution in [-0.2, 0) is 0 Å². The molecule has 1 N–H and O–H groups in total. The van der Waals surface area contributed by atoms with E-state index in [-0.39, 0.29) is 5.24 Å². The zero-order chi connectivity index (χ0) is 9.23. The molecule has 0 aromatic carbocycles. The second-order valence-corrected chi connectivity index (χ2v) is 3.35. The van der Waals surface area contributed by atoms with Crippen molar-refractivity contribution in [2.75, 3.05) is 6.54 Å². The maximum absolute atomic E-state index is 10.3. The Morgan fingerprint density at radius 3 is 2.33 bits per heavy atom. The lowest BCUT2D eigenvalue weighted by molar-refractivity contribution is 0.261. The number of hydrogen-bond donors (Lipinski definition) is 1. The minimum atomic E-state index is -0.330. The summed E-state index contributed by atoms with van der Waals surface area (Å²) in [4.78, 5) is 10.3. The second kappa shape index (κ2) is 8.78. The lowest BCUT2D eigenvalue weighted by Crippen LogP contribution is -2.17. The highest BCUT2D eigenvalue weighted by Gasteiger charge is 1.92. The fourth-order valence-corrected chi connectivity index (χ4v) is 1.20. The Morgan fingerprint density at radius 1 is 1.17 bits per heavy atom. The van der Waals surface area contributed by atoms with Crippen molar-refractivity contribution in [1.29, 1.82) is 0 Å². The van der Waals surface area contributed by atoms with E-state index in [1.54, 1.807) is 0 Å². The van der Waals surface area contributed by atoms with Crippen LogP contribution >= 0.6 is 12.6 Å². The number of carbonyl (C=O) groups excluding carboxylic acids is 1. The number of nitrogens with one attached hydrogen (secondary N) is 1. The standard InChI is InChI=1S/C9H18NOS/c1-2-3-4-5-6-7-8-10-9(11)12/h2-8H2,1H3,(H,10,11). The van der Waals surface area contributed by atoms with Crippen LogP contribution in [0.25, 0.3) is 0 Å². The van der Waals surface area contributed by atoms with Crippen molar-refractivity contribution in [2.45, 2.75) is 45.4 Å². The summed E-state index contributed by atoms with van der Waals surface area (Å²) in [7, 11) is 0. The molecule has 2 nitrogen and oxygen atoms in total. The van der Waals surface area contributed by atoms with E-state index in [9.17, 15) is 4.79 Å². The summed E-state index contributed by atoms with van der Waals surface area (Å²) in [5.41, 5.74) is 0. The van der Waals surface area contributed by atoms with Crippen molar-refractivity contribution in [3.05, 3.63) is 0 Å². The molecule has 0 aliphatic rings. The molecular weight excluding hydrogens is 170 g/mol. The predicted molar refractivity (Wildman–Crippen MR) is 54.4 cm³/mol. The monoisotopic (exact) mass is 188 g/mol. The van der Waals surface area contributed by atoms with E-state index in [1.807, 2.05) is 0 Å². The fraction of sp³-hybridized carbons (Fsp3) is 0.889. The van der Waals surface area contributed by atoms with Crippen molar-refractivity contribution in [2.24, 2.45) is 0 Å². The summed E-state index contributed by atoms with van der Waals surface area (Å²) >= 11 is 4.35. The maximum Gasteiger partial charge on any atom is 0.310 e. The molecule has 12 heavy (non-hydrogen) atoms. The van der Waals surface area contributed by atoms with E-state index >= 15 is 0 Å². The van der Waals surface area contributed by atoms with Crippen LogP contribution in [0.4, 0.5) is 4.79 Å². The summed E-state index contributed by atoms with van der Waals surface area (Å²) < 4.78 is 0. The molecule has 1 amide bonds. The first-order chi connectivity index (χ1) is 5.77. The first-order valence-electron chi connectivity index (χ1n) is 4.72. The Labute approximate surface area is 80.5 Å². The molecule has 1 radical (unpaired) electrons. The Kier molecular flexibility index (Phi) is 8.56. The molecule has 0 heterocycles. The highest BCUT2D eigenvalue weighted by molar-refractivity contribution is 7.96. The molecule has 3 heteroatoms. The topological polar surface area (TPSA) is 29.1 Å². The minimum Gasteiger partial charge on any atom is -0.343 e. The Hall–Kier alpha value is -0.310. The van der Waals surface area contributed by atoms with E-state index in [1.165, 1.54) is 32.1 Å². The Bertz CT molecular complexity index is 117. The molecule has 0 unspecified atom stereocenters. The van der Waals surface area contributed by atoms with Gasteiger partial charge in [0, 0.05) is 6.54 Å². The zero-order valence-electron chi connectivity index (χ0n) is 7.77. The van der Waals surface area contributed by atoms with Gasteiger partial charge in [-0.25, -0.2) is 0 Å². The van der Waals surface area contributed by atoms with Gasteiger partial charge in [0.2, 0.25) is 0 Å². The van der Waals surface area contributed by atoms with Crippen LogP contribution in [-0.4, -0.2) is 11.8 Å². The van der Waals surface area contributed by atoms with E-state index in [2.05, 4.69) is 24.9 Å². The second-order valence-electron chi connectivity index (χ2n) is 2.98. The Morgan fingerprint density at radius 2 is 1.75 bits per heavy atom. The highest BCUT2D eigenvalue weighted by atomic mass is 32.1. The average Bonchev–Trinajstić information content (AvgIpc) is 2.02. The molecule has 0 atom stereocenters. The maximum atomic E-state index is 10.3. The fourth-order valence-electron chi connectivity index (χ4n) is 1.10. The van der Waals surface area contributed by atoms with Gasteiger partial charge in [0.1, 0.15) is 0 Å². The molecule has 0 rings (SSSR count). The molecule has 0 aromatic heterocycles. The van der Waals surface area contributed by atoms with Crippen molar-refractivity contribution in [3.8, 4) is 0 Å². The summed E-state index contributed by atoms with van der Waals surface area (Å²) in [6.07, 6.45) is 7.47. The number of unbranched alkanes of at least 4 members (excludes halogenated alkanes) is 5. The van der Waals surface area contributed by atoms with Gasteiger partial charge in [0.15, 0.2) is 0 Å². The van der Waals surface area contributed by atoms with Gasteiger partial charge < -0.3 is 5.32 Å². The zero-order valence-corrected chi connectivity index (χ0v) is 8.58. The molecule has 0 spiro atoms. The lowest BCUT2D eigenvalue weighted by Gasteiger charge is -2.00. The molecule has 0 aromatic rings. The average molecular weight is 188 g/mol. The van der Waals surface area contributed by atoms with Crippen LogP contribution in [0.3, 0.4) is 0 Å². The van der Waals surface area contributed by atoms with Gasteiger partial charge in [0.25, 0.3) is 0 Å². The molecule has 71 valence electrons. The van der Waals surface area contributed by atoms with Gasteiger partial charge in [-0.2, -0.15) is 0 Å². The third-order valence-corrected chi connectivity index (χ3v) is 1.94. The van der Waals surface area contributed by atoms with Crippen molar-refractivity contribution in [3.63, 3.8) is 0 Å². The number of amides is 1. The van der Waals surface area contributed by atoms with E-state index < -0.39 is 0 Å². The van der Waals surface area contributed by atoms with E-state index in [0.717, 1.165) is 13.0 Å². The van der Waals surface area contributed by atoms with Gasteiger partial charge in [0.05, 0.1) is 0 Å². The Balaban J connectivity index is 2.86. The summed E-state index contributed by atoms with van der Waals surface area (Å²) in [5.74, 6) is 0. The molecule has 0 fully saturated rings. The first kappa shape index (κ1) is 11.7. The third kappa shape index (κ3) is 9.69. The molecule has 0 saturated heterocycles. The van der Waals surface area contributed by atoms with Gasteiger partial charge in [-0.3, -0.25) is 4.79 Å². The van der Waals surface area contributed by atoms with Gasteiger partial charge >= 0.3 is 5.24 Å². The van der Waals surface area contributed by atoms with Crippen molar-refractivity contribution >= 4 is 17.9 Å². The van der Waals surface area contributed by atoms with Crippen LogP contribution in [0.15, 0.2) is 0 Å². The lowest BCUT2D eigenvalue weighted by atomic mass is 10.1. The van der Waals surface area contributed by atoms with E-state index in [0.29, 0.717) is 0 Å². The van der Waals surface area contributed by atoms with Gasteiger partial charge in [-0.1, -0.05) is 39.0 Å². The third-order valence-electron chi connectivity index (χ3n) is 1.80. The van der Waals surface area contributed by atoms with Crippen molar-refractivity contribution < 1.29 is 4.79 Å². The normalized spacial score (nSPS) is 9.75. The van der Waals surface area contributed by atoms with Gasteiger partial charge in [-0.05, 0) is 19.0 Å². The van der Waals surface area contributed by atoms with Crippen LogP contribution in [0.1, 0.15) is 45.4 Å². The molecule has 0 bridgehead atoms. The molecule has 0 aliphatic heterocycles. The van der Waals surface area contributed by atoms with Crippen LogP contribution in [0.2, 0.25) is 0 Å². The van der Waals surface area contributed by atoms with Gasteiger partial charge in [-0.15, -0.1) is 0 Å². The van der Waals surface area contributed by atoms with Crippen LogP contribution in [0, 0.1) is 0 Å². The summed E-state index contributed by atoms with van der Waals surface area (Å²) in [5, 5.41) is 2.28. The smallest absolute Gasteiger partial charge is 0.310 e. The van der Waals surface area contributed by atoms with Crippen LogP contribution in [0.5, 0.6) is 0 Å². The quantitative estimate of drug-likeness (QED) is 0.610. The SMILES string of the molecule is CCCCCCCCNC(=O)[S]. The predicted octanol–water partition coefficient (Wildman–Crippen LogP) is 3.25.